The number of nitrogens with two attached hydrogens (primary N) is 1. The van der Waals surface area contributed by atoms with Gasteiger partial charge < -0.3 is 10.5 Å². The summed E-state index contributed by atoms with van der Waals surface area (Å²) in [6.45, 7) is 5.17. The van der Waals surface area contributed by atoms with Crippen molar-refractivity contribution in [3.05, 3.63) is 27.7 Å². The lowest BCUT2D eigenvalue weighted by Crippen LogP contribution is -2.03. The van der Waals surface area contributed by atoms with Crippen molar-refractivity contribution in [2.75, 3.05) is 6.61 Å². The van der Waals surface area contributed by atoms with Gasteiger partial charge in [0.2, 0.25) is 0 Å². The van der Waals surface area contributed by atoms with Crippen LogP contribution in [0.2, 0.25) is 0 Å². The van der Waals surface area contributed by atoms with Gasteiger partial charge in [-0.1, -0.05) is 12.1 Å². The number of rotatable bonds is 3. The fraction of sp³-hybridized carbons (Fsp3) is 0.400. The number of benzene rings is 1. The SMILES string of the molecule is CCOc1c(CN)ccc(C)c1Br. The molecule has 0 saturated carbocycles. The fourth-order valence-electron chi connectivity index (χ4n) is 1.16. The van der Waals surface area contributed by atoms with E-state index in [2.05, 4.69) is 15.9 Å². The Kier molecular flexibility index (Phi) is 3.75. The lowest BCUT2D eigenvalue weighted by molar-refractivity contribution is 0.334. The Balaban J connectivity index is 3.15. The summed E-state index contributed by atoms with van der Waals surface area (Å²) >= 11 is 3.49. The molecule has 2 nitrogen and oxygen atoms in total. The summed E-state index contributed by atoms with van der Waals surface area (Å²) in [5.41, 5.74) is 7.81. The lowest BCUT2D eigenvalue weighted by Gasteiger charge is -2.12. The molecule has 2 N–H and O–H groups in total. The van der Waals surface area contributed by atoms with E-state index >= 15 is 0 Å². The van der Waals surface area contributed by atoms with E-state index in [9.17, 15) is 0 Å². The van der Waals surface area contributed by atoms with Crippen LogP contribution in [0.25, 0.3) is 0 Å². The van der Waals surface area contributed by atoms with Crippen LogP contribution in [0, 0.1) is 6.92 Å². The highest BCUT2D eigenvalue weighted by molar-refractivity contribution is 9.10. The van der Waals surface area contributed by atoms with Crippen LogP contribution in [0.3, 0.4) is 0 Å². The van der Waals surface area contributed by atoms with Crippen LogP contribution in [0.1, 0.15) is 18.1 Å². The van der Waals surface area contributed by atoms with Gasteiger partial charge in [-0.25, -0.2) is 0 Å². The van der Waals surface area contributed by atoms with Crippen LogP contribution in [-0.4, -0.2) is 6.61 Å². The van der Waals surface area contributed by atoms with E-state index in [1.54, 1.807) is 0 Å². The van der Waals surface area contributed by atoms with Crippen molar-refractivity contribution in [3.63, 3.8) is 0 Å². The highest BCUT2D eigenvalue weighted by Gasteiger charge is 2.08. The Morgan fingerprint density at radius 1 is 1.46 bits per heavy atom. The van der Waals surface area contributed by atoms with E-state index in [1.165, 1.54) is 5.56 Å². The third-order valence-electron chi connectivity index (χ3n) is 1.88. The highest BCUT2D eigenvalue weighted by atomic mass is 79.9. The van der Waals surface area contributed by atoms with Crippen molar-refractivity contribution in [2.45, 2.75) is 20.4 Å². The van der Waals surface area contributed by atoms with Gasteiger partial charge in [-0.05, 0) is 35.3 Å². The molecule has 0 unspecified atom stereocenters. The first-order chi connectivity index (χ1) is 6.20. The topological polar surface area (TPSA) is 35.2 Å². The maximum absolute atomic E-state index is 5.60. The second kappa shape index (κ2) is 4.63. The molecule has 3 heteroatoms. The van der Waals surface area contributed by atoms with Crippen LogP contribution in [0.5, 0.6) is 5.75 Å². The summed E-state index contributed by atoms with van der Waals surface area (Å²) < 4.78 is 6.52. The number of hydrogen-bond donors (Lipinski definition) is 1. The summed E-state index contributed by atoms with van der Waals surface area (Å²) in [6, 6.07) is 4.04. The fourth-order valence-corrected chi connectivity index (χ4v) is 1.66. The van der Waals surface area contributed by atoms with Gasteiger partial charge in [0.25, 0.3) is 0 Å². The van der Waals surface area contributed by atoms with E-state index in [1.807, 2.05) is 26.0 Å². The van der Waals surface area contributed by atoms with E-state index in [4.69, 9.17) is 10.5 Å². The number of aryl methyl sites for hydroxylation is 1. The molecular weight excluding hydrogens is 230 g/mol. The molecule has 0 aliphatic carbocycles. The van der Waals surface area contributed by atoms with Crippen molar-refractivity contribution in [1.82, 2.24) is 0 Å². The Bertz CT molecular complexity index is 299. The van der Waals surface area contributed by atoms with Gasteiger partial charge in [-0.15, -0.1) is 0 Å². The zero-order valence-electron chi connectivity index (χ0n) is 7.93. The molecule has 0 amide bonds. The van der Waals surface area contributed by atoms with Gasteiger partial charge >= 0.3 is 0 Å². The first kappa shape index (κ1) is 10.5. The summed E-state index contributed by atoms with van der Waals surface area (Å²) in [5, 5.41) is 0. The molecule has 0 fully saturated rings. The zero-order valence-corrected chi connectivity index (χ0v) is 9.52. The highest BCUT2D eigenvalue weighted by Crippen LogP contribution is 2.31. The van der Waals surface area contributed by atoms with Crippen LogP contribution >= 0.6 is 15.9 Å². The Labute approximate surface area is 87.2 Å². The average Bonchev–Trinajstić information content (AvgIpc) is 2.14. The molecule has 0 radical (unpaired) electrons. The Morgan fingerprint density at radius 2 is 2.15 bits per heavy atom. The molecule has 0 saturated heterocycles. The lowest BCUT2D eigenvalue weighted by atomic mass is 10.1. The molecule has 0 spiro atoms. The molecular formula is C10H14BrNO. The maximum Gasteiger partial charge on any atom is 0.138 e. The second-order valence-corrected chi connectivity index (χ2v) is 3.61. The van der Waals surface area contributed by atoms with E-state index in [-0.39, 0.29) is 0 Å². The molecule has 0 bridgehead atoms. The molecule has 72 valence electrons. The van der Waals surface area contributed by atoms with E-state index < -0.39 is 0 Å². The third-order valence-corrected chi connectivity index (χ3v) is 2.87. The van der Waals surface area contributed by atoms with Crippen LogP contribution in [0.15, 0.2) is 16.6 Å². The molecule has 0 aliphatic rings. The van der Waals surface area contributed by atoms with E-state index in [0.717, 1.165) is 15.8 Å². The van der Waals surface area contributed by atoms with Gasteiger partial charge in [0.05, 0.1) is 11.1 Å². The summed E-state index contributed by atoms with van der Waals surface area (Å²) in [5.74, 6) is 0.880. The molecule has 0 aliphatic heterocycles. The average molecular weight is 244 g/mol. The van der Waals surface area contributed by atoms with Crippen molar-refractivity contribution < 1.29 is 4.74 Å². The molecule has 1 aromatic carbocycles. The van der Waals surface area contributed by atoms with Gasteiger partial charge in [-0.3, -0.25) is 0 Å². The standard InChI is InChI=1S/C10H14BrNO/c1-3-13-10-8(6-12)5-4-7(2)9(10)11/h4-5H,3,6,12H2,1-2H3. The minimum Gasteiger partial charge on any atom is -0.492 e. The zero-order chi connectivity index (χ0) is 9.84. The molecule has 1 rings (SSSR count). The number of hydrogen-bond acceptors (Lipinski definition) is 2. The van der Waals surface area contributed by atoms with Gasteiger partial charge in [0, 0.05) is 12.1 Å². The number of halogens is 1. The van der Waals surface area contributed by atoms with Gasteiger partial charge in [0.1, 0.15) is 5.75 Å². The van der Waals surface area contributed by atoms with E-state index in [0.29, 0.717) is 13.2 Å². The molecule has 0 heterocycles. The molecule has 0 atom stereocenters. The molecule has 1 aromatic rings. The smallest absolute Gasteiger partial charge is 0.138 e. The third kappa shape index (κ3) is 2.23. The van der Waals surface area contributed by atoms with Crippen LogP contribution in [0.4, 0.5) is 0 Å². The normalized spacial score (nSPS) is 10.2. The molecule has 13 heavy (non-hydrogen) atoms. The van der Waals surface area contributed by atoms with Crippen molar-refractivity contribution >= 4 is 15.9 Å². The van der Waals surface area contributed by atoms with Crippen LogP contribution < -0.4 is 10.5 Å². The number of ether oxygens (including phenoxy) is 1. The van der Waals surface area contributed by atoms with Crippen molar-refractivity contribution in [2.24, 2.45) is 5.73 Å². The summed E-state index contributed by atoms with van der Waals surface area (Å²) in [6.07, 6.45) is 0. The molecule has 0 aromatic heterocycles. The minimum absolute atomic E-state index is 0.508. The van der Waals surface area contributed by atoms with Crippen LogP contribution in [-0.2, 0) is 6.54 Å². The van der Waals surface area contributed by atoms with Gasteiger partial charge in [0.15, 0.2) is 0 Å². The quantitative estimate of drug-likeness (QED) is 0.886. The monoisotopic (exact) mass is 243 g/mol. The Hall–Kier alpha value is -0.540. The van der Waals surface area contributed by atoms with Crippen molar-refractivity contribution in [3.8, 4) is 5.75 Å². The first-order valence-corrected chi connectivity index (χ1v) is 5.10. The maximum atomic E-state index is 5.60. The largest absolute Gasteiger partial charge is 0.492 e. The first-order valence-electron chi connectivity index (χ1n) is 4.31. The van der Waals surface area contributed by atoms with Gasteiger partial charge in [-0.2, -0.15) is 0 Å². The Morgan fingerprint density at radius 3 is 2.69 bits per heavy atom. The second-order valence-electron chi connectivity index (χ2n) is 2.82. The minimum atomic E-state index is 0.508. The predicted molar refractivity (Wildman–Crippen MR) is 57.9 cm³/mol. The summed E-state index contributed by atoms with van der Waals surface area (Å²) in [4.78, 5) is 0. The predicted octanol–water partition coefficient (Wildman–Crippen LogP) is 2.61. The summed E-state index contributed by atoms with van der Waals surface area (Å²) in [7, 11) is 0. The van der Waals surface area contributed by atoms with Crippen molar-refractivity contribution in [1.29, 1.82) is 0 Å².